The average Bonchev–Trinajstić information content (AvgIpc) is 2.68. The normalized spacial score (nSPS) is 16.0. The number of amides is 2. The summed E-state index contributed by atoms with van der Waals surface area (Å²) in [4.78, 5) is 26.1. The van der Waals surface area contributed by atoms with Crippen LogP contribution in [0.1, 0.15) is 48.8 Å². The summed E-state index contributed by atoms with van der Waals surface area (Å²) < 4.78 is 0. The Morgan fingerprint density at radius 2 is 1.67 bits per heavy atom. The number of nitrogens with one attached hydrogen (secondary N) is 1. The number of hydrogen-bond acceptors (Lipinski definition) is 2. The summed E-state index contributed by atoms with van der Waals surface area (Å²) >= 11 is 0. The molecule has 0 aliphatic carbocycles. The van der Waals surface area contributed by atoms with Crippen molar-refractivity contribution in [3.63, 3.8) is 0 Å². The summed E-state index contributed by atoms with van der Waals surface area (Å²) in [5.41, 5.74) is 3.56. The monoisotopic (exact) mass is 364 g/mol. The maximum absolute atomic E-state index is 12.8. The number of benzene rings is 2. The molecule has 0 bridgehead atoms. The molecule has 0 saturated carbocycles. The van der Waals surface area contributed by atoms with Gasteiger partial charge in [-0.2, -0.15) is 0 Å². The molecule has 1 saturated heterocycles. The maximum atomic E-state index is 12.8. The van der Waals surface area contributed by atoms with E-state index >= 15 is 0 Å². The first-order valence-electron chi connectivity index (χ1n) is 9.70. The molecule has 0 spiro atoms. The Labute approximate surface area is 161 Å². The zero-order valence-corrected chi connectivity index (χ0v) is 16.2. The maximum Gasteiger partial charge on any atom is 0.221 e. The molecule has 1 N–H and O–H groups in total. The lowest BCUT2D eigenvalue weighted by molar-refractivity contribution is -0.130. The van der Waals surface area contributed by atoms with Crippen molar-refractivity contribution in [3.8, 4) is 0 Å². The fourth-order valence-electron chi connectivity index (χ4n) is 3.88. The molecule has 0 unspecified atom stereocenters. The summed E-state index contributed by atoms with van der Waals surface area (Å²) in [6.07, 6.45) is 2.08. The minimum atomic E-state index is 0.0460. The standard InChI is InChI=1S/C23H28N2O2/c1-17-8-6-7-11-21(17)22(19-9-4-3-5-10-19)16-23(27)24-20-12-14-25(15-13-20)18(2)26/h3-11,20,22H,12-16H2,1-2H3,(H,24,27)/t22-/m1/s1. The summed E-state index contributed by atoms with van der Waals surface area (Å²) in [5.74, 6) is 0.238. The molecule has 0 aromatic heterocycles. The van der Waals surface area contributed by atoms with Crippen LogP contribution in [-0.2, 0) is 9.59 Å². The highest BCUT2D eigenvalue weighted by molar-refractivity contribution is 5.78. The van der Waals surface area contributed by atoms with Gasteiger partial charge >= 0.3 is 0 Å². The molecule has 4 nitrogen and oxygen atoms in total. The van der Waals surface area contributed by atoms with Gasteiger partial charge in [0.2, 0.25) is 11.8 Å². The van der Waals surface area contributed by atoms with Crippen LogP contribution in [0.15, 0.2) is 54.6 Å². The minimum absolute atomic E-state index is 0.0460. The molecule has 1 heterocycles. The van der Waals surface area contributed by atoms with Gasteiger partial charge in [-0.1, -0.05) is 54.6 Å². The Bertz CT molecular complexity index is 780. The quantitative estimate of drug-likeness (QED) is 0.880. The van der Waals surface area contributed by atoms with Gasteiger partial charge in [0.1, 0.15) is 0 Å². The van der Waals surface area contributed by atoms with Crippen molar-refractivity contribution in [2.24, 2.45) is 0 Å². The molecule has 1 aliphatic heterocycles. The Hall–Kier alpha value is -2.62. The van der Waals surface area contributed by atoms with Gasteiger partial charge in [-0.05, 0) is 36.5 Å². The number of carbonyl (C=O) groups excluding carboxylic acids is 2. The van der Waals surface area contributed by atoms with E-state index in [0.717, 1.165) is 31.5 Å². The molecule has 1 fully saturated rings. The van der Waals surface area contributed by atoms with Gasteiger partial charge in [0.05, 0.1) is 0 Å². The van der Waals surface area contributed by atoms with E-state index in [9.17, 15) is 9.59 Å². The molecule has 1 aliphatic rings. The second kappa shape index (κ2) is 8.85. The minimum Gasteiger partial charge on any atom is -0.353 e. The van der Waals surface area contributed by atoms with Gasteiger partial charge in [-0.25, -0.2) is 0 Å². The first-order chi connectivity index (χ1) is 13.0. The highest BCUT2D eigenvalue weighted by Crippen LogP contribution is 2.30. The molecular weight excluding hydrogens is 336 g/mol. The number of hydrogen-bond donors (Lipinski definition) is 1. The van der Waals surface area contributed by atoms with Crippen LogP contribution in [0.25, 0.3) is 0 Å². The largest absolute Gasteiger partial charge is 0.353 e. The molecular formula is C23H28N2O2. The van der Waals surface area contributed by atoms with Crippen LogP contribution in [0.3, 0.4) is 0 Å². The third kappa shape index (κ3) is 4.97. The summed E-state index contributed by atoms with van der Waals surface area (Å²) in [6, 6.07) is 18.7. The third-order valence-electron chi connectivity index (χ3n) is 5.46. The van der Waals surface area contributed by atoms with Crippen LogP contribution >= 0.6 is 0 Å². The SMILES string of the molecule is CC(=O)N1CCC(NC(=O)C[C@H](c2ccccc2)c2ccccc2C)CC1. The second-order valence-corrected chi connectivity index (χ2v) is 7.37. The highest BCUT2D eigenvalue weighted by atomic mass is 16.2. The molecule has 2 aromatic carbocycles. The van der Waals surface area contributed by atoms with Crippen LogP contribution in [0.5, 0.6) is 0 Å². The van der Waals surface area contributed by atoms with Crippen LogP contribution in [-0.4, -0.2) is 35.8 Å². The van der Waals surface area contributed by atoms with E-state index in [4.69, 9.17) is 0 Å². The zero-order valence-electron chi connectivity index (χ0n) is 16.2. The van der Waals surface area contributed by atoms with E-state index < -0.39 is 0 Å². The van der Waals surface area contributed by atoms with Gasteiger partial charge in [0.15, 0.2) is 0 Å². The van der Waals surface area contributed by atoms with Crippen molar-refractivity contribution in [1.82, 2.24) is 10.2 Å². The number of piperidine rings is 1. The van der Waals surface area contributed by atoms with Gasteiger partial charge in [0, 0.05) is 38.4 Å². The molecule has 2 aromatic rings. The fourth-order valence-corrected chi connectivity index (χ4v) is 3.88. The van der Waals surface area contributed by atoms with Gasteiger partial charge in [0.25, 0.3) is 0 Å². The van der Waals surface area contributed by atoms with Crippen molar-refractivity contribution >= 4 is 11.8 Å². The Morgan fingerprint density at radius 1 is 1.04 bits per heavy atom. The van der Waals surface area contributed by atoms with Gasteiger partial charge < -0.3 is 10.2 Å². The first kappa shape index (κ1) is 19.2. The Kier molecular flexibility index (Phi) is 6.28. The molecule has 1 atom stereocenters. The number of likely N-dealkylation sites (tertiary alicyclic amines) is 1. The van der Waals surface area contributed by atoms with E-state index in [2.05, 4.69) is 36.5 Å². The molecule has 142 valence electrons. The van der Waals surface area contributed by atoms with E-state index in [1.54, 1.807) is 6.92 Å². The van der Waals surface area contributed by atoms with Crippen LogP contribution < -0.4 is 5.32 Å². The lowest BCUT2D eigenvalue weighted by Gasteiger charge is -2.32. The molecule has 2 amide bonds. The number of aryl methyl sites for hydroxylation is 1. The average molecular weight is 364 g/mol. The van der Waals surface area contributed by atoms with Crippen LogP contribution in [0, 0.1) is 6.92 Å². The van der Waals surface area contributed by atoms with Crippen LogP contribution in [0.2, 0.25) is 0 Å². The van der Waals surface area contributed by atoms with Crippen molar-refractivity contribution in [2.75, 3.05) is 13.1 Å². The smallest absolute Gasteiger partial charge is 0.221 e. The molecule has 27 heavy (non-hydrogen) atoms. The number of rotatable bonds is 5. The summed E-state index contributed by atoms with van der Waals surface area (Å²) in [5, 5.41) is 3.19. The predicted octanol–water partition coefficient (Wildman–Crippen LogP) is 3.64. The predicted molar refractivity (Wildman–Crippen MR) is 107 cm³/mol. The topological polar surface area (TPSA) is 49.4 Å². The number of carbonyl (C=O) groups is 2. The van der Waals surface area contributed by atoms with E-state index in [-0.39, 0.29) is 23.8 Å². The molecule has 0 radical (unpaired) electrons. The van der Waals surface area contributed by atoms with Crippen molar-refractivity contribution in [2.45, 2.75) is 45.1 Å². The van der Waals surface area contributed by atoms with E-state index in [1.165, 1.54) is 11.1 Å². The Balaban J connectivity index is 1.69. The van der Waals surface area contributed by atoms with Crippen molar-refractivity contribution in [3.05, 3.63) is 71.3 Å². The zero-order chi connectivity index (χ0) is 19.2. The second-order valence-electron chi connectivity index (χ2n) is 7.37. The summed E-state index contributed by atoms with van der Waals surface area (Å²) in [6.45, 7) is 5.15. The van der Waals surface area contributed by atoms with Gasteiger partial charge in [-0.3, -0.25) is 9.59 Å². The Morgan fingerprint density at radius 3 is 2.30 bits per heavy atom. The van der Waals surface area contributed by atoms with E-state index in [1.807, 2.05) is 35.2 Å². The van der Waals surface area contributed by atoms with Gasteiger partial charge in [-0.15, -0.1) is 0 Å². The summed E-state index contributed by atoms with van der Waals surface area (Å²) in [7, 11) is 0. The fraction of sp³-hybridized carbons (Fsp3) is 0.391. The first-order valence-corrected chi connectivity index (χ1v) is 9.70. The number of nitrogens with zero attached hydrogens (tertiary/aromatic N) is 1. The lowest BCUT2D eigenvalue weighted by atomic mass is 9.85. The van der Waals surface area contributed by atoms with Crippen molar-refractivity contribution in [1.29, 1.82) is 0 Å². The lowest BCUT2D eigenvalue weighted by Crippen LogP contribution is -2.46. The molecule has 4 heteroatoms. The highest BCUT2D eigenvalue weighted by Gasteiger charge is 2.24. The van der Waals surface area contributed by atoms with E-state index in [0.29, 0.717) is 6.42 Å². The third-order valence-corrected chi connectivity index (χ3v) is 5.46. The van der Waals surface area contributed by atoms with Crippen molar-refractivity contribution < 1.29 is 9.59 Å². The molecule has 3 rings (SSSR count). The van der Waals surface area contributed by atoms with Crippen LogP contribution in [0.4, 0.5) is 0 Å².